The normalized spacial score (nSPS) is 25.4. The summed E-state index contributed by atoms with van der Waals surface area (Å²) in [6.45, 7) is 6.04. The fraction of sp³-hybridized carbons (Fsp3) is 0.778. The lowest BCUT2D eigenvalue weighted by Gasteiger charge is -2.35. The minimum Gasteiger partial charge on any atom is -0.340 e. The third-order valence-corrected chi connectivity index (χ3v) is 5.89. The summed E-state index contributed by atoms with van der Waals surface area (Å²) in [5, 5.41) is 3.93. The zero-order chi connectivity index (χ0) is 18.1. The number of hydrogen-bond donors (Lipinski definition) is 0. The van der Waals surface area contributed by atoms with Crippen LogP contribution in [0.1, 0.15) is 43.8 Å². The molecule has 26 heavy (non-hydrogen) atoms. The molecule has 1 saturated carbocycles. The Balaban J connectivity index is 1.27. The molecule has 2 amide bonds. The van der Waals surface area contributed by atoms with Gasteiger partial charge in [-0.25, -0.2) is 0 Å². The Bertz CT molecular complexity index is 662. The largest absolute Gasteiger partial charge is 0.340 e. The van der Waals surface area contributed by atoms with Crippen LogP contribution in [-0.4, -0.2) is 75.4 Å². The second-order valence-corrected chi connectivity index (χ2v) is 7.72. The number of carbonyl (C=O) groups excluding carboxylic acids is 2. The summed E-state index contributed by atoms with van der Waals surface area (Å²) >= 11 is 0. The monoisotopic (exact) mass is 361 g/mol. The smallest absolute Gasteiger partial charge is 0.228 e. The second kappa shape index (κ2) is 7.34. The van der Waals surface area contributed by atoms with Gasteiger partial charge < -0.3 is 14.3 Å². The molecule has 142 valence electrons. The maximum Gasteiger partial charge on any atom is 0.228 e. The molecule has 0 aromatic carbocycles. The first kappa shape index (κ1) is 17.5. The van der Waals surface area contributed by atoms with Crippen LogP contribution in [-0.2, 0) is 16.1 Å². The summed E-state index contributed by atoms with van der Waals surface area (Å²) in [6.07, 6.45) is 4.99. The van der Waals surface area contributed by atoms with Crippen LogP contribution in [0.3, 0.4) is 0 Å². The molecule has 2 saturated heterocycles. The molecule has 1 aliphatic carbocycles. The van der Waals surface area contributed by atoms with Crippen molar-refractivity contribution in [3.05, 3.63) is 11.7 Å². The van der Waals surface area contributed by atoms with E-state index in [0.29, 0.717) is 50.4 Å². The van der Waals surface area contributed by atoms with Gasteiger partial charge in [-0.15, -0.1) is 0 Å². The standard InChI is InChI=1S/C18H27N5O3/c1-13-19-16(20-26-13)12-21-6-8-22(9-7-21)18(25)14-10-17(24)23(11-14)15-4-2-3-5-15/h14-15H,2-12H2,1H3/t14-/m0/s1. The van der Waals surface area contributed by atoms with Gasteiger partial charge in [-0.3, -0.25) is 14.5 Å². The number of aryl methyl sites for hydroxylation is 1. The zero-order valence-electron chi connectivity index (χ0n) is 15.4. The van der Waals surface area contributed by atoms with E-state index in [4.69, 9.17) is 4.52 Å². The van der Waals surface area contributed by atoms with Gasteiger partial charge in [0.05, 0.1) is 12.5 Å². The molecule has 3 heterocycles. The first-order chi connectivity index (χ1) is 12.6. The van der Waals surface area contributed by atoms with E-state index in [0.717, 1.165) is 25.9 Å². The molecule has 8 heteroatoms. The van der Waals surface area contributed by atoms with Gasteiger partial charge in [-0.2, -0.15) is 4.98 Å². The van der Waals surface area contributed by atoms with Crippen LogP contribution in [0.25, 0.3) is 0 Å². The maximum absolute atomic E-state index is 12.9. The zero-order valence-corrected chi connectivity index (χ0v) is 15.4. The van der Waals surface area contributed by atoms with E-state index >= 15 is 0 Å². The first-order valence-electron chi connectivity index (χ1n) is 9.70. The third kappa shape index (κ3) is 3.60. The van der Waals surface area contributed by atoms with Crippen LogP contribution in [0.5, 0.6) is 0 Å². The molecule has 3 aliphatic rings. The van der Waals surface area contributed by atoms with E-state index in [-0.39, 0.29) is 17.7 Å². The molecule has 0 unspecified atom stereocenters. The lowest BCUT2D eigenvalue weighted by Crippen LogP contribution is -2.50. The van der Waals surface area contributed by atoms with E-state index in [2.05, 4.69) is 15.0 Å². The average molecular weight is 361 g/mol. The second-order valence-electron chi connectivity index (χ2n) is 7.72. The summed E-state index contributed by atoms with van der Waals surface area (Å²) in [6, 6.07) is 0.371. The summed E-state index contributed by atoms with van der Waals surface area (Å²) < 4.78 is 5.01. The highest BCUT2D eigenvalue weighted by Crippen LogP contribution is 2.30. The minimum atomic E-state index is -0.158. The van der Waals surface area contributed by atoms with Crippen molar-refractivity contribution >= 4 is 11.8 Å². The van der Waals surface area contributed by atoms with Crippen molar-refractivity contribution in [3.8, 4) is 0 Å². The number of amides is 2. The number of nitrogens with zero attached hydrogens (tertiary/aromatic N) is 5. The molecule has 0 spiro atoms. The predicted molar refractivity (Wildman–Crippen MR) is 93.0 cm³/mol. The number of piperazine rings is 1. The Labute approximate surface area is 153 Å². The highest BCUT2D eigenvalue weighted by molar-refractivity contribution is 5.89. The number of aromatic nitrogens is 2. The van der Waals surface area contributed by atoms with Crippen molar-refractivity contribution in [1.82, 2.24) is 24.8 Å². The van der Waals surface area contributed by atoms with Crippen molar-refractivity contribution in [1.29, 1.82) is 0 Å². The van der Waals surface area contributed by atoms with Crippen molar-refractivity contribution in [2.24, 2.45) is 5.92 Å². The molecule has 3 fully saturated rings. The average Bonchev–Trinajstić information content (AvgIpc) is 3.36. The van der Waals surface area contributed by atoms with Gasteiger partial charge >= 0.3 is 0 Å². The molecule has 1 aromatic heterocycles. The molecule has 0 radical (unpaired) electrons. The van der Waals surface area contributed by atoms with Gasteiger partial charge in [0.15, 0.2) is 5.82 Å². The SMILES string of the molecule is Cc1nc(CN2CCN(C(=O)[C@H]3CC(=O)N(C4CCCC4)C3)CC2)no1. The van der Waals surface area contributed by atoms with Gasteiger partial charge in [0.25, 0.3) is 0 Å². The van der Waals surface area contributed by atoms with Gasteiger partial charge in [-0.05, 0) is 12.8 Å². The maximum atomic E-state index is 12.9. The summed E-state index contributed by atoms with van der Waals surface area (Å²) in [7, 11) is 0. The van der Waals surface area contributed by atoms with E-state index in [1.165, 1.54) is 12.8 Å². The van der Waals surface area contributed by atoms with Gasteiger partial charge in [-0.1, -0.05) is 18.0 Å². The Hall–Kier alpha value is -1.96. The third-order valence-electron chi connectivity index (χ3n) is 5.89. The van der Waals surface area contributed by atoms with Gasteiger partial charge in [0.2, 0.25) is 17.7 Å². The highest BCUT2D eigenvalue weighted by atomic mass is 16.5. The van der Waals surface area contributed by atoms with Crippen molar-refractivity contribution < 1.29 is 14.1 Å². The lowest BCUT2D eigenvalue weighted by molar-refractivity contribution is -0.137. The summed E-state index contributed by atoms with van der Waals surface area (Å²) in [5.41, 5.74) is 0. The topological polar surface area (TPSA) is 82.8 Å². The molecule has 2 aliphatic heterocycles. The summed E-state index contributed by atoms with van der Waals surface area (Å²) in [4.78, 5) is 35.6. The van der Waals surface area contributed by atoms with Crippen LogP contribution in [0, 0.1) is 12.8 Å². The molecule has 0 N–H and O–H groups in total. The Kier molecular flexibility index (Phi) is 4.93. The number of likely N-dealkylation sites (tertiary alicyclic amines) is 1. The van der Waals surface area contributed by atoms with E-state index in [9.17, 15) is 9.59 Å². The predicted octanol–water partition coefficient (Wildman–Crippen LogP) is 0.813. The Morgan fingerprint density at radius 1 is 1.19 bits per heavy atom. The van der Waals surface area contributed by atoms with E-state index < -0.39 is 0 Å². The quantitative estimate of drug-likeness (QED) is 0.789. The fourth-order valence-corrected chi connectivity index (χ4v) is 4.46. The van der Waals surface area contributed by atoms with Gasteiger partial charge in [0.1, 0.15) is 0 Å². The van der Waals surface area contributed by atoms with Crippen LogP contribution in [0.15, 0.2) is 4.52 Å². The molecule has 4 rings (SSSR count). The van der Waals surface area contributed by atoms with Crippen molar-refractivity contribution in [2.75, 3.05) is 32.7 Å². The summed E-state index contributed by atoms with van der Waals surface area (Å²) in [5.74, 6) is 1.42. The molecule has 0 bridgehead atoms. The van der Waals surface area contributed by atoms with Crippen molar-refractivity contribution in [3.63, 3.8) is 0 Å². The number of carbonyl (C=O) groups is 2. The molecule has 1 atom stereocenters. The minimum absolute atomic E-state index is 0.147. The number of hydrogen-bond acceptors (Lipinski definition) is 6. The highest BCUT2D eigenvalue weighted by Gasteiger charge is 2.40. The van der Waals surface area contributed by atoms with Crippen LogP contribution < -0.4 is 0 Å². The number of rotatable bonds is 4. The van der Waals surface area contributed by atoms with Crippen molar-refractivity contribution in [2.45, 2.75) is 51.6 Å². The first-order valence-corrected chi connectivity index (χ1v) is 9.70. The Morgan fingerprint density at radius 3 is 2.58 bits per heavy atom. The molecular weight excluding hydrogens is 334 g/mol. The van der Waals surface area contributed by atoms with E-state index in [1.807, 2.05) is 9.80 Å². The van der Waals surface area contributed by atoms with Gasteiger partial charge in [0, 0.05) is 52.1 Å². The van der Waals surface area contributed by atoms with Crippen LogP contribution in [0.2, 0.25) is 0 Å². The molecule has 1 aromatic rings. The van der Waals surface area contributed by atoms with Crippen LogP contribution >= 0.6 is 0 Å². The van der Waals surface area contributed by atoms with E-state index in [1.54, 1.807) is 6.92 Å². The van der Waals surface area contributed by atoms with Crippen LogP contribution in [0.4, 0.5) is 0 Å². The molecular formula is C18H27N5O3. The lowest BCUT2D eigenvalue weighted by atomic mass is 10.1. The molecule has 8 nitrogen and oxygen atoms in total. The fourth-order valence-electron chi connectivity index (χ4n) is 4.46. The Morgan fingerprint density at radius 2 is 1.92 bits per heavy atom.